The van der Waals surface area contributed by atoms with Crippen molar-refractivity contribution >= 4 is 30.7 Å². The van der Waals surface area contributed by atoms with Gasteiger partial charge in [-0.15, -0.1) is 24.8 Å². The van der Waals surface area contributed by atoms with E-state index >= 15 is 0 Å². The van der Waals surface area contributed by atoms with Crippen molar-refractivity contribution in [1.29, 1.82) is 0 Å². The number of carbonyl (C=O) groups is 1. The second kappa shape index (κ2) is 12.5. The molecule has 1 heterocycles. The van der Waals surface area contributed by atoms with Gasteiger partial charge in [0.1, 0.15) is 0 Å². The Hall–Kier alpha value is -0.810. The molecule has 1 aliphatic heterocycles. The van der Waals surface area contributed by atoms with Crippen LogP contribution in [0.15, 0.2) is 30.3 Å². The molecule has 0 aromatic heterocycles. The van der Waals surface area contributed by atoms with E-state index in [0.29, 0.717) is 12.5 Å². The third-order valence-corrected chi connectivity index (χ3v) is 4.49. The Morgan fingerprint density at radius 2 is 2.00 bits per heavy atom. The molecule has 138 valence electrons. The smallest absolute Gasteiger partial charge is 0.222 e. The quantitative estimate of drug-likeness (QED) is 0.744. The molecule has 6 heteroatoms. The van der Waals surface area contributed by atoms with Gasteiger partial charge in [0.25, 0.3) is 0 Å². The molecule has 0 aliphatic carbocycles. The molecule has 0 spiro atoms. The number of likely N-dealkylation sites (N-methyl/N-ethyl adjacent to an activating group) is 1. The first-order valence-corrected chi connectivity index (χ1v) is 8.37. The van der Waals surface area contributed by atoms with Gasteiger partial charge in [0, 0.05) is 32.6 Å². The van der Waals surface area contributed by atoms with Gasteiger partial charge in [-0.3, -0.25) is 9.69 Å². The Balaban J connectivity index is 0.00000264. The summed E-state index contributed by atoms with van der Waals surface area (Å²) < 4.78 is 0. The highest BCUT2D eigenvalue weighted by atomic mass is 35.5. The van der Waals surface area contributed by atoms with E-state index in [1.165, 1.54) is 12.0 Å². The van der Waals surface area contributed by atoms with Crippen LogP contribution in [0.2, 0.25) is 0 Å². The predicted molar refractivity (Wildman–Crippen MR) is 105 cm³/mol. The van der Waals surface area contributed by atoms with Crippen LogP contribution in [0.5, 0.6) is 0 Å². The van der Waals surface area contributed by atoms with Crippen LogP contribution in [0.4, 0.5) is 0 Å². The van der Waals surface area contributed by atoms with Crippen molar-refractivity contribution in [3.8, 4) is 0 Å². The van der Waals surface area contributed by atoms with Crippen molar-refractivity contribution in [1.82, 2.24) is 15.1 Å². The normalized spacial score (nSPS) is 17.5. The SMILES string of the molecule is CNCCCC(=O)N(C)C1CCCN(Cc2ccccc2)C1.Cl.Cl. The molecule has 1 unspecified atom stereocenters. The summed E-state index contributed by atoms with van der Waals surface area (Å²) in [5.74, 6) is 0.279. The Morgan fingerprint density at radius 1 is 1.29 bits per heavy atom. The number of halogens is 2. The van der Waals surface area contributed by atoms with E-state index in [1.807, 2.05) is 19.0 Å². The van der Waals surface area contributed by atoms with Crippen LogP contribution < -0.4 is 5.32 Å². The van der Waals surface area contributed by atoms with E-state index in [-0.39, 0.29) is 30.7 Å². The molecule has 0 saturated carbocycles. The van der Waals surface area contributed by atoms with Gasteiger partial charge in [-0.1, -0.05) is 30.3 Å². The van der Waals surface area contributed by atoms with Gasteiger partial charge in [0.15, 0.2) is 0 Å². The highest BCUT2D eigenvalue weighted by Crippen LogP contribution is 2.18. The van der Waals surface area contributed by atoms with Crippen LogP contribution in [-0.2, 0) is 11.3 Å². The maximum atomic E-state index is 12.3. The largest absolute Gasteiger partial charge is 0.341 e. The highest BCUT2D eigenvalue weighted by Gasteiger charge is 2.25. The van der Waals surface area contributed by atoms with E-state index in [9.17, 15) is 4.79 Å². The first-order valence-electron chi connectivity index (χ1n) is 8.37. The van der Waals surface area contributed by atoms with Crippen molar-refractivity contribution in [2.45, 2.75) is 38.3 Å². The molecule has 1 atom stereocenters. The van der Waals surface area contributed by atoms with Crippen LogP contribution in [0, 0.1) is 0 Å². The number of rotatable bonds is 7. The Labute approximate surface area is 158 Å². The van der Waals surface area contributed by atoms with Gasteiger partial charge in [0.2, 0.25) is 5.91 Å². The van der Waals surface area contributed by atoms with Crippen molar-refractivity contribution < 1.29 is 4.79 Å². The van der Waals surface area contributed by atoms with Crippen molar-refractivity contribution in [3.63, 3.8) is 0 Å². The second-order valence-electron chi connectivity index (χ2n) is 6.23. The topological polar surface area (TPSA) is 35.6 Å². The van der Waals surface area contributed by atoms with Gasteiger partial charge in [-0.25, -0.2) is 0 Å². The summed E-state index contributed by atoms with van der Waals surface area (Å²) >= 11 is 0. The monoisotopic (exact) mass is 375 g/mol. The molecule has 1 aliphatic rings. The zero-order chi connectivity index (χ0) is 15.8. The van der Waals surface area contributed by atoms with E-state index in [0.717, 1.165) is 39.0 Å². The van der Waals surface area contributed by atoms with Gasteiger partial charge in [-0.05, 0) is 45.0 Å². The molecular formula is C18H31Cl2N3O. The molecule has 4 nitrogen and oxygen atoms in total. The number of hydrogen-bond acceptors (Lipinski definition) is 3. The minimum atomic E-state index is 0. The number of likely N-dealkylation sites (tertiary alicyclic amines) is 1. The lowest BCUT2D eigenvalue weighted by molar-refractivity contribution is -0.133. The summed E-state index contributed by atoms with van der Waals surface area (Å²) in [5, 5.41) is 3.10. The molecule has 1 aromatic rings. The van der Waals surface area contributed by atoms with Gasteiger partial charge >= 0.3 is 0 Å². The lowest BCUT2D eigenvalue weighted by Crippen LogP contribution is -2.48. The molecule has 1 saturated heterocycles. The van der Waals surface area contributed by atoms with E-state index in [4.69, 9.17) is 0 Å². The predicted octanol–water partition coefficient (Wildman–Crippen LogP) is 2.95. The molecule has 0 radical (unpaired) electrons. The number of nitrogens with one attached hydrogen (secondary N) is 1. The number of nitrogens with zero attached hydrogens (tertiary/aromatic N) is 2. The van der Waals surface area contributed by atoms with Gasteiger partial charge in [0.05, 0.1) is 0 Å². The fraction of sp³-hybridized carbons (Fsp3) is 0.611. The molecular weight excluding hydrogens is 345 g/mol. The molecule has 1 amide bonds. The molecule has 1 N–H and O–H groups in total. The standard InChI is InChI=1S/C18H29N3O.2ClH/c1-19-12-6-11-18(22)20(2)17-10-7-13-21(15-17)14-16-8-4-3-5-9-16;;/h3-5,8-9,17,19H,6-7,10-15H2,1-2H3;2*1H. The van der Waals surface area contributed by atoms with Gasteiger partial charge < -0.3 is 10.2 Å². The summed E-state index contributed by atoms with van der Waals surface area (Å²) in [4.78, 5) is 16.7. The summed E-state index contributed by atoms with van der Waals surface area (Å²) in [6.07, 6.45) is 3.86. The van der Waals surface area contributed by atoms with E-state index in [2.05, 4.69) is 40.5 Å². The number of hydrogen-bond donors (Lipinski definition) is 1. The van der Waals surface area contributed by atoms with Gasteiger partial charge in [-0.2, -0.15) is 0 Å². The first kappa shape index (κ1) is 23.2. The first-order chi connectivity index (χ1) is 10.7. The van der Waals surface area contributed by atoms with E-state index < -0.39 is 0 Å². The van der Waals surface area contributed by atoms with Crippen LogP contribution >= 0.6 is 24.8 Å². The summed E-state index contributed by atoms with van der Waals surface area (Å²) in [5.41, 5.74) is 1.35. The Kier molecular flexibility index (Phi) is 12.1. The minimum Gasteiger partial charge on any atom is -0.341 e. The van der Waals surface area contributed by atoms with Crippen LogP contribution in [0.1, 0.15) is 31.2 Å². The highest BCUT2D eigenvalue weighted by molar-refractivity contribution is 5.85. The average Bonchev–Trinajstić information content (AvgIpc) is 2.55. The van der Waals surface area contributed by atoms with Crippen molar-refractivity contribution in [2.24, 2.45) is 0 Å². The molecule has 2 rings (SSSR count). The summed E-state index contributed by atoms with van der Waals surface area (Å²) in [6.45, 7) is 4.01. The summed E-state index contributed by atoms with van der Waals surface area (Å²) in [6, 6.07) is 11.0. The maximum absolute atomic E-state index is 12.3. The van der Waals surface area contributed by atoms with Crippen LogP contribution in [0.3, 0.4) is 0 Å². The lowest BCUT2D eigenvalue weighted by atomic mass is 10.0. The second-order valence-corrected chi connectivity index (χ2v) is 6.23. The fourth-order valence-corrected chi connectivity index (χ4v) is 3.13. The fourth-order valence-electron chi connectivity index (χ4n) is 3.13. The Morgan fingerprint density at radius 3 is 2.67 bits per heavy atom. The van der Waals surface area contributed by atoms with Crippen LogP contribution in [0.25, 0.3) is 0 Å². The van der Waals surface area contributed by atoms with Crippen molar-refractivity contribution in [2.75, 3.05) is 33.7 Å². The number of carbonyl (C=O) groups excluding carboxylic acids is 1. The molecule has 24 heavy (non-hydrogen) atoms. The zero-order valence-corrected chi connectivity index (χ0v) is 16.4. The van der Waals surface area contributed by atoms with E-state index in [1.54, 1.807) is 0 Å². The zero-order valence-electron chi connectivity index (χ0n) is 14.7. The summed E-state index contributed by atoms with van der Waals surface area (Å²) in [7, 11) is 3.90. The average molecular weight is 376 g/mol. The Bertz CT molecular complexity index is 459. The molecule has 0 bridgehead atoms. The lowest BCUT2D eigenvalue weighted by Gasteiger charge is -2.37. The number of amides is 1. The van der Waals surface area contributed by atoms with Crippen molar-refractivity contribution in [3.05, 3.63) is 35.9 Å². The maximum Gasteiger partial charge on any atom is 0.222 e. The minimum absolute atomic E-state index is 0. The number of benzene rings is 1. The third-order valence-electron chi connectivity index (χ3n) is 4.49. The van der Waals surface area contributed by atoms with Crippen LogP contribution in [-0.4, -0.2) is 55.5 Å². The molecule has 1 aromatic carbocycles. The third kappa shape index (κ3) is 7.39. The molecule has 1 fully saturated rings. The number of piperidine rings is 1.